The van der Waals surface area contributed by atoms with Crippen LogP contribution in [0.1, 0.15) is 31.7 Å². The molecule has 1 N–H and O–H groups in total. The summed E-state index contributed by atoms with van der Waals surface area (Å²) in [6.07, 6.45) is 3.62. The Morgan fingerprint density at radius 2 is 2.00 bits per heavy atom. The Bertz CT molecular complexity index is 733. The first-order chi connectivity index (χ1) is 12.3. The highest BCUT2D eigenvalue weighted by molar-refractivity contribution is 6.42. The van der Waals surface area contributed by atoms with Crippen LogP contribution in [0.5, 0.6) is 0 Å². The molecule has 1 saturated heterocycles. The third-order valence-electron chi connectivity index (χ3n) is 4.95. The van der Waals surface area contributed by atoms with Crippen molar-refractivity contribution in [2.45, 2.75) is 38.6 Å². The predicted octanol–water partition coefficient (Wildman–Crippen LogP) is 2.87. The lowest BCUT2D eigenvalue weighted by Crippen LogP contribution is -2.40. The van der Waals surface area contributed by atoms with Gasteiger partial charge in [-0.1, -0.05) is 29.3 Å². The number of likely N-dealkylation sites (tertiary alicyclic amines) is 1. The molecule has 3 rings (SSSR count). The molecule has 2 aliphatic rings. The second-order valence-corrected chi connectivity index (χ2v) is 8.08. The molecule has 0 spiro atoms. The van der Waals surface area contributed by atoms with Crippen LogP contribution in [-0.4, -0.2) is 41.6 Å². The van der Waals surface area contributed by atoms with E-state index in [-0.39, 0.29) is 18.5 Å². The van der Waals surface area contributed by atoms with Crippen molar-refractivity contribution < 1.29 is 14.4 Å². The minimum Gasteiger partial charge on any atom is -0.353 e. The number of Topliss-reactive ketones (excluding diaryl/α,β-unsaturated/α-hetero) is 1. The van der Waals surface area contributed by atoms with E-state index in [1.165, 1.54) is 4.90 Å². The van der Waals surface area contributed by atoms with Crippen LogP contribution >= 0.6 is 23.2 Å². The number of amides is 2. The maximum atomic E-state index is 12.4. The Kier molecular flexibility index (Phi) is 5.88. The Labute approximate surface area is 163 Å². The molecular formula is C19H22Cl2N2O3. The molecule has 0 bridgehead atoms. The highest BCUT2D eigenvalue weighted by atomic mass is 35.5. The van der Waals surface area contributed by atoms with Crippen LogP contribution < -0.4 is 5.32 Å². The largest absolute Gasteiger partial charge is 0.353 e. The summed E-state index contributed by atoms with van der Waals surface area (Å²) >= 11 is 11.9. The lowest BCUT2D eigenvalue weighted by molar-refractivity contribution is -0.142. The number of carbonyl (C=O) groups excluding carboxylic acids is 3. The average molecular weight is 397 g/mol. The van der Waals surface area contributed by atoms with Gasteiger partial charge in [-0.3, -0.25) is 14.4 Å². The van der Waals surface area contributed by atoms with E-state index in [9.17, 15) is 14.4 Å². The van der Waals surface area contributed by atoms with Crippen LogP contribution in [0.2, 0.25) is 10.0 Å². The quantitative estimate of drug-likeness (QED) is 0.569. The van der Waals surface area contributed by atoms with Gasteiger partial charge in [-0.2, -0.15) is 0 Å². The van der Waals surface area contributed by atoms with Crippen LogP contribution in [0.4, 0.5) is 0 Å². The number of ketones is 1. The van der Waals surface area contributed by atoms with Gasteiger partial charge in [0.15, 0.2) is 0 Å². The SMILES string of the molecule is CC(CCc1ccc(Cl)c(Cl)c1)NC(=O)C1CN(CC2CC2)C(=O)C1=O. The lowest BCUT2D eigenvalue weighted by atomic mass is 10.0. The normalized spacial score (nSPS) is 21.2. The maximum absolute atomic E-state index is 12.4. The van der Waals surface area contributed by atoms with E-state index in [2.05, 4.69) is 5.32 Å². The molecule has 1 aliphatic heterocycles. The zero-order valence-electron chi connectivity index (χ0n) is 14.6. The number of carbonyl (C=O) groups is 3. The zero-order chi connectivity index (χ0) is 18.8. The molecule has 0 aromatic heterocycles. The maximum Gasteiger partial charge on any atom is 0.290 e. The van der Waals surface area contributed by atoms with Gasteiger partial charge in [-0.15, -0.1) is 0 Å². The molecule has 2 amide bonds. The van der Waals surface area contributed by atoms with Gasteiger partial charge >= 0.3 is 0 Å². The van der Waals surface area contributed by atoms with Crippen molar-refractivity contribution >= 4 is 40.8 Å². The summed E-state index contributed by atoms with van der Waals surface area (Å²) in [7, 11) is 0. The summed E-state index contributed by atoms with van der Waals surface area (Å²) < 4.78 is 0. The molecule has 2 unspecified atom stereocenters. The molecule has 26 heavy (non-hydrogen) atoms. The van der Waals surface area contributed by atoms with E-state index in [4.69, 9.17) is 23.2 Å². The summed E-state index contributed by atoms with van der Waals surface area (Å²) in [5.41, 5.74) is 1.03. The van der Waals surface area contributed by atoms with Crippen molar-refractivity contribution in [1.82, 2.24) is 10.2 Å². The zero-order valence-corrected chi connectivity index (χ0v) is 16.1. The Morgan fingerprint density at radius 3 is 2.65 bits per heavy atom. The standard InChI is InChI=1S/C19H22Cl2N2O3/c1-11(2-3-12-6-7-15(20)16(21)8-12)22-18(25)14-10-23(9-13-4-5-13)19(26)17(14)24/h6-8,11,13-14H,2-5,9-10H2,1H3,(H,22,25). The van der Waals surface area contributed by atoms with Crippen molar-refractivity contribution in [2.75, 3.05) is 13.1 Å². The second-order valence-electron chi connectivity index (χ2n) is 7.27. The fraction of sp³-hybridized carbons (Fsp3) is 0.526. The van der Waals surface area contributed by atoms with Crippen LogP contribution in [0.15, 0.2) is 18.2 Å². The number of nitrogens with one attached hydrogen (secondary N) is 1. The molecule has 140 valence electrons. The number of hydrogen-bond donors (Lipinski definition) is 1. The monoisotopic (exact) mass is 396 g/mol. The number of rotatable bonds is 7. The Hall–Kier alpha value is -1.59. The number of benzene rings is 1. The van der Waals surface area contributed by atoms with E-state index in [0.29, 0.717) is 28.9 Å². The van der Waals surface area contributed by atoms with Crippen molar-refractivity contribution in [3.05, 3.63) is 33.8 Å². The first-order valence-electron chi connectivity index (χ1n) is 8.92. The van der Waals surface area contributed by atoms with Crippen LogP contribution in [0.3, 0.4) is 0 Å². The lowest BCUT2D eigenvalue weighted by Gasteiger charge is -2.17. The Balaban J connectivity index is 1.49. The number of hydrogen-bond acceptors (Lipinski definition) is 3. The third kappa shape index (κ3) is 4.57. The van der Waals surface area contributed by atoms with Crippen molar-refractivity contribution in [3.63, 3.8) is 0 Å². The molecule has 2 fully saturated rings. The second kappa shape index (κ2) is 7.97. The van der Waals surface area contributed by atoms with Gasteiger partial charge in [0, 0.05) is 19.1 Å². The summed E-state index contributed by atoms with van der Waals surface area (Å²) in [5.74, 6) is -1.84. The van der Waals surface area contributed by atoms with Crippen LogP contribution in [-0.2, 0) is 20.8 Å². The molecule has 0 radical (unpaired) electrons. The number of aryl methyl sites for hydroxylation is 1. The summed E-state index contributed by atoms with van der Waals surface area (Å²) in [6, 6.07) is 5.35. The fourth-order valence-electron chi connectivity index (χ4n) is 3.16. The van der Waals surface area contributed by atoms with E-state index in [1.807, 2.05) is 19.1 Å². The molecule has 7 heteroatoms. The average Bonchev–Trinajstić information content (AvgIpc) is 3.37. The van der Waals surface area contributed by atoms with Crippen LogP contribution in [0.25, 0.3) is 0 Å². The van der Waals surface area contributed by atoms with Gasteiger partial charge in [-0.05, 0) is 56.2 Å². The van der Waals surface area contributed by atoms with Crippen molar-refractivity contribution in [3.8, 4) is 0 Å². The Morgan fingerprint density at radius 1 is 1.27 bits per heavy atom. The highest BCUT2D eigenvalue weighted by Crippen LogP contribution is 2.31. The summed E-state index contributed by atoms with van der Waals surface area (Å²) in [5, 5.41) is 3.88. The topological polar surface area (TPSA) is 66.5 Å². The van der Waals surface area contributed by atoms with Crippen LogP contribution in [0, 0.1) is 11.8 Å². The van der Waals surface area contributed by atoms with Crippen molar-refractivity contribution in [2.24, 2.45) is 11.8 Å². The van der Waals surface area contributed by atoms with Gasteiger partial charge in [0.25, 0.3) is 5.91 Å². The predicted molar refractivity (Wildman–Crippen MR) is 100 cm³/mol. The molecule has 1 aliphatic carbocycles. The molecule has 2 atom stereocenters. The molecular weight excluding hydrogens is 375 g/mol. The fourth-order valence-corrected chi connectivity index (χ4v) is 3.48. The van der Waals surface area contributed by atoms with E-state index in [0.717, 1.165) is 24.8 Å². The number of nitrogens with zero attached hydrogens (tertiary/aromatic N) is 1. The molecule has 1 saturated carbocycles. The van der Waals surface area contributed by atoms with E-state index in [1.54, 1.807) is 6.07 Å². The van der Waals surface area contributed by atoms with Gasteiger partial charge in [-0.25, -0.2) is 0 Å². The minimum atomic E-state index is -0.881. The van der Waals surface area contributed by atoms with Gasteiger partial charge in [0.05, 0.1) is 10.0 Å². The van der Waals surface area contributed by atoms with Crippen molar-refractivity contribution in [1.29, 1.82) is 0 Å². The van der Waals surface area contributed by atoms with Gasteiger partial charge in [0.2, 0.25) is 11.7 Å². The molecule has 1 aromatic rings. The first-order valence-corrected chi connectivity index (χ1v) is 9.68. The summed E-state index contributed by atoms with van der Waals surface area (Å²) in [4.78, 5) is 38.1. The van der Waals surface area contributed by atoms with E-state index < -0.39 is 17.6 Å². The van der Waals surface area contributed by atoms with Gasteiger partial charge < -0.3 is 10.2 Å². The smallest absolute Gasteiger partial charge is 0.290 e. The van der Waals surface area contributed by atoms with Gasteiger partial charge in [0.1, 0.15) is 5.92 Å². The molecule has 1 heterocycles. The summed E-state index contributed by atoms with van der Waals surface area (Å²) in [6.45, 7) is 2.69. The highest BCUT2D eigenvalue weighted by Gasteiger charge is 2.44. The van der Waals surface area contributed by atoms with E-state index >= 15 is 0 Å². The minimum absolute atomic E-state index is 0.114. The molecule has 5 nitrogen and oxygen atoms in total. The molecule has 1 aromatic carbocycles. The third-order valence-corrected chi connectivity index (χ3v) is 5.69. The number of halogens is 2. The first kappa shape index (κ1) is 19.2.